The van der Waals surface area contributed by atoms with Gasteiger partial charge in [-0.05, 0) is 55.6 Å². The summed E-state index contributed by atoms with van der Waals surface area (Å²) in [5, 5.41) is 1.33. The van der Waals surface area contributed by atoms with E-state index >= 15 is 0 Å². The van der Waals surface area contributed by atoms with Crippen LogP contribution in [0.1, 0.15) is 35.6 Å². The number of nitrogens with zero attached hydrogens (tertiary/aromatic N) is 1. The first-order chi connectivity index (χ1) is 13.8. The third-order valence-corrected chi connectivity index (χ3v) is 6.07. The summed E-state index contributed by atoms with van der Waals surface area (Å²) in [7, 11) is 0. The zero-order chi connectivity index (χ0) is 18.9. The van der Waals surface area contributed by atoms with Crippen molar-refractivity contribution in [1.82, 2.24) is 9.88 Å². The molecular weight excluding hydrogens is 340 g/mol. The van der Waals surface area contributed by atoms with Crippen LogP contribution in [-0.4, -0.2) is 23.0 Å². The van der Waals surface area contributed by atoms with Crippen molar-refractivity contribution >= 4 is 10.9 Å². The van der Waals surface area contributed by atoms with Crippen LogP contribution in [0.25, 0.3) is 22.2 Å². The Labute approximate surface area is 166 Å². The predicted molar refractivity (Wildman–Crippen MR) is 118 cm³/mol. The van der Waals surface area contributed by atoms with Crippen LogP contribution in [-0.2, 0) is 0 Å². The lowest BCUT2D eigenvalue weighted by atomic mass is 9.90. The summed E-state index contributed by atoms with van der Waals surface area (Å²) in [6.07, 6.45) is 2.57. The number of hydrogen-bond donors (Lipinski definition) is 1. The number of aryl methyl sites for hydroxylation is 1. The minimum absolute atomic E-state index is 0.273. The Morgan fingerprint density at radius 1 is 0.786 bits per heavy atom. The van der Waals surface area contributed by atoms with Gasteiger partial charge in [-0.3, -0.25) is 4.90 Å². The summed E-state index contributed by atoms with van der Waals surface area (Å²) >= 11 is 0. The van der Waals surface area contributed by atoms with Crippen molar-refractivity contribution in [3.05, 3.63) is 95.6 Å². The first-order valence-corrected chi connectivity index (χ1v) is 10.3. The summed E-state index contributed by atoms with van der Waals surface area (Å²) in [6.45, 7) is 4.56. The molecule has 4 aromatic rings. The van der Waals surface area contributed by atoms with Crippen LogP contribution in [0.2, 0.25) is 0 Å². The number of rotatable bonds is 4. The number of aromatic amines is 1. The van der Waals surface area contributed by atoms with E-state index in [9.17, 15) is 0 Å². The molecule has 1 N–H and O–H groups in total. The second-order valence-corrected chi connectivity index (χ2v) is 7.83. The van der Waals surface area contributed by atoms with Gasteiger partial charge in [-0.15, -0.1) is 0 Å². The van der Waals surface area contributed by atoms with Gasteiger partial charge in [-0.25, -0.2) is 0 Å². The maximum Gasteiger partial charge on any atom is 0.0631 e. The van der Waals surface area contributed by atoms with E-state index in [-0.39, 0.29) is 6.04 Å². The quantitative estimate of drug-likeness (QED) is 0.447. The van der Waals surface area contributed by atoms with Crippen LogP contribution < -0.4 is 0 Å². The molecule has 1 aliphatic rings. The van der Waals surface area contributed by atoms with Gasteiger partial charge in [-0.1, -0.05) is 72.8 Å². The average Bonchev–Trinajstić information content (AvgIpc) is 3.39. The molecule has 1 atom stereocenters. The molecule has 1 aliphatic heterocycles. The van der Waals surface area contributed by atoms with E-state index in [0.717, 1.165) is 13.1 Å². The minimum Gasteiger partial charge on any atom is -0.354 e. The van der Waals surface area contributed by atoms with E-state index in [0.29, 0.717) is 0 Å². The fourth-order valence-electron chi connectivity index (χ4n) is 4.71. The summed E-state index contributed by atoms with van der Waals surface area (Å²) in [5.41, 5.74) is 7.93. The third-order valence-electron chi connectivity index (χ3n) is 6.07. The molecular formula is C26H26N2. The SMILES string of the molecule is Cc1ccccc1C(c1c(-c2ccccc2)[nH]c2ccccc12)N1CCCC1. The highest BCUT2D eigenvalue weighted by Crippen LogP contribution is 2.42. The molecule has 5 rings (SSSR count). The van der Waals surface area contributed by atoms with Crippen LogP contribution in [0.5, 0.6) is 0 Å². The van der Waals surface area contributed by atoms with Crippen molar-refractivity contribution in [2.45, 2.75) is 25.8 Å². The van der Waals surface area contributed by atoms with Gasteiger partial charge in [0.05, 0.1) is 11.7 Å². The Hall–Kier alpha value is -2.84. The Bertz CT molecular complexity index is 1090. The second kappa shape index (κ2) is 7.29. The molecule has 140 valence electrons. The maximum atomic E-state index is 3.75. The molecule has 1 unspecified atom stereocenters. The van der Waals surface area contributed by atoms with Gasteiger partial charge >= 0.3 is 0 Å². The smallest absolute Gasteiger partial charge is 0.0631 e. The first-order valence-electron chi connectivity index (χ1n) is 10.3. The van der Waals surface area contributed by atoms with Crippen LogP contribution in [0, 0.1) is 6.92 Å². The molecule has 0 radical (unpaired) electrons. The van der Waals surface area contributed by atoms with Crippen molar-refractivity contribution in [2.75, 3.05) is 13.1 Å². The fraction of sp³-hybridized carbons (Fsp3) is 0.231. The summed E-state index contributed by atoms with van der Waals surface area (Å²) in [4.78, 5) is 6.42. The minimum atomic E-state index is 0.273. The van der Waals surface area contributed by atoms with E-state index in [1.54, 1.807) is 0 Å². The number of fused-ring (bicyclic) bond motifs is 1. The van der Waals surface area contributed by atoms with Gasteiger partial charge in [0.2, 0.25) is 0 Å². The molecule has 1 aromatic heterocycles. The van der Waals surface area contributed by atoms with Gasteiger partial charge < -0.3 is 4.98 Å². The Kier molecular flexibility index (Phi) is 4.50. The van der Waals surface area contributed by atoms with E-state index in [1.807, 2.05) is 0 Å². The van der Waals surface area contributed by atoms with Gasteiger partial charge in [-0.2, -0.15) is 0 Å². The number of hydrogen-bond acceptors (Lipinski definition) is 1. The largest absolute Gasteiger partial charge is 0.354 e. The lowest BCUT2D eigenvalue weighted by Gasteiger charge is -2.30. The number of aromatic nitrogens is 1. The first kappa shape index (κ1) is 17.3. The molecule has 3 aromatic carbocycles. The zero-order valence-corrected chi connectivity index (χ0v) is 16.4. The predicted octanol–water partition coefficient (Wildman–Crippen LogP) is 6.33. The zero-order valence-electron chi connectivity index (χ0n) is 16.4. The maximum absolute atomic E-state index is 3.75. The van der Waals surface area contributed by atoms with Crippen molar-refractivity contribution < 1.29 is 0 Å². The molecule has 2 nitrogen and oxygen atoms in total. The fourth-order valence-corrected chi connectivity index (χ4v) is 4.71. The molecule has 0 spiro atoms. The van der Waals surface area contributed by atoms with E-state index < -0.39 is 0 Å². The normalized spacial score (nSPS) is 15.9. The van der Waals surface area contributed by atoms with Crippen molar-refractivity contribution in [3.63, 3.8) is 0 Å². The Balaban J connectivity index is 1.80. The monoisotopic (exact) mass is 366 g/mol. The van der Waals surface area contributed by atoms with Crippen LogP contribution in [0.15, 0.2) is 78.9 Å². The summed E-state index contributed by atoms with van der Waals surface area (Å²) < 4.78 is 0. The van der Waals surface area contributed by atoms with E-state index in [4.69, 9.17) is 0 Å². The number of benzene rings is 3. The average molecular weight is 367 g/mol. The van der Waals surface area contributed by atoms with Crippen LogP contribution >= 0.6 is 0 Å². The number of para-hydroxylation sites is 1. The molecule has 28 heavy (non-hydrogen) atoms. The summed E-state index contributed by atoms with van der Waals surface area (Å²) in [5.74, 6) is 0. The van der Waals surface area contributed by atoms with Gasteiger partial charge in [0.15, 0.2) is 0 Å². The highest BCUT2D eigenvalue weighted by atomic mass is 15.2. The topological polar surface area (TPSA) is 19.0 Å². The summed E-state index contributed by atoms with van der Waals surface area (Å²) in [6, 6.07) is 28.7. The lowest BCUT2D eigenvalue weighted by Crippen LogP contribution is -2.27. The molecule has 2 heterocycles. The molecule has 0 aliphatic carbocycles. The van der Waals surface area contributed by atoms with Crippen LogP contribution in [0.4, 0.5) is 0 Å². The molecule has 2 heteroatoms. The van der Waals surface area contributed by atoms with E-state index in [2.05, 4.69) is 95.7 Å². The van der Waals surface area contributed by atoms with Gasteiger partial charge in [0, 0.05) is 16.5 Å². The Morgan fingerprint density at radius 3 is 2.25 bits per heavy atom. The van der Waals surface area contributed by atoms with E-state index in [1.165, 1.54) is 51.7 Å². The lowest BCUT2D eigenvalue weighted by molar-refractivity contribution is 0.282. The number of nitrogens with one attached hydrogen (secondary N) is 1. The second-order valence-electron chi connectivity index (χ2n) is 7.83. The highest BCUT2D eigenvalue weighted by molar-refractivity contribution is 5.92. The van der Waals surface area contributed by atoms with Gasteiger partial charge in [0.1, 0.15) is 0 Å². The molecule has 0 amide bonds. The van der Waals surface area contributed by atoms with Crippen molar-refractivity contribution in [3.8, 4) is 11.3 Å². The van der Waals surface area contributed by atoms with Gasteiger partial charge in [0.25, 0.3) is 0 Å². The molecule has 1 fully saturated rings. The van der Waals surface area contributed by atoms with Crippen molar-refractivity contribution in [2.24, 2.45) is 0 Å². The molecule has 0 bridgehead atoms. The standard InChI is InChI=1S/C26H26N2/c1-19-11-5-6-14-21(19)26(28-17-9-10-18-28)24-22-15-7-8-16-23(22)27-25(24)20-12-3-2-4-13-20/h2-8,11-16,26-27H,9-10,17-18H2,1H3. The molecule has 1 saturated heterocycles. The highest BCUT2D eigenvalue weighted by Gasteiger charge is 2.30. The Morgan fingerprint density at radius 2 is 1.46 bits per heavy atom. The third kappa shape index (κ3) is 2.94. The molecule has 0 saturated carbocycles. The van der Waals surface area contributed by atoms with Crippen molar-refractivity contribution in [1.29, 1.82) is 0 Å². The number of likely N-dealkylation sites (tertiary alicyclic amines) is 1. The number of H-pyrrole nitrogens is 1. The van der Waals surface area contributed by atoms with Crippen LogP contribution in [0.3, 0.4) is 0 Å².